The van der Waals surface area contributed by atoms with Crippen molar-refractivity contribution in [2.45, 2.75) is 78.1 Å². The first-order valence-electron chi connectivity index (χ1n) is 7.48. The van der Waals surface area contributed by atoms with Gasteiger partial charge in [-0.3, -0.25) is 9.59 Å². The van der Waals surface area contributed by atoms with Gasteiger partial charge in [0.25, 0.3) is 0 Å². The van der Waals surface area contributed by atoms with Crippen molar-refractivity contribution in [2.24, 2.45) is 5.41 Å². The first kappa shape index (κ1) is 27.4. The van der Waals surface area contributed by atoms with Crippen molar-refractivity contribution in [2.75, 3.05) is 0 Å². The molecule has 0 aromatic carbocycles. The van der Waals surface area contributed by atoms with Crippen LogP contribution in [0.15, 0.2) is 0 Å². The van der Waals surface area contributed by atoms with Gasteiger partial charge < -0.3 is 10.2 Å². The molecule has 2 N–H and O–H groups in total. The number of carboxylic acids is 2. The first-order valence-corrected chi connectivity index (χ1v) is 7.48. The van der Waals surface area contributed by atoms with Gasteiger partial charge >= 0.3 is 92.9 Å². The van der Waals surface area contributed by atoms with Gasteiger partial charge in [-0.15, -0.1) is 0 Å². The molecule has 0 aromatic heterocycles. The summed E-state index contributed by atoms with van der Waals surface area (Å²) in [5.41, 5.74) is -1.57. The van der Waals surface area contributed by atoms with Gasteiger partial charge in [-0.25, -0.2) is 0 Å². The predicted molar refractivity (Wildman–Crippen MR) is 89.5 cm³/mol. The molecule has 0 atom stereocenters. The summed E-state index contributed by atoms with van der Waals surface area (Å²) in [6.07, 6.45) is 7.87. The molecule has 21 heavy (non-hydrogen) atoms. The quantitative estimate of drug-likeness (QED) is 0.326. The van der Waals surface area contributed by atoms with Crippen LogP contribution in [-0.2, 0) is 9.59 Å². The number of carbonyl (C=O) groups is 2. The average molecular weight is 336 g/mol. The van der Waals surface area contributed by atoms with Crippen LogP contribution in [-0.4, -0.2) is 103 Å². The van der Waals surface area contributed by atoms with E-state index in [1.807, 2.05) is 0 Å². The van der Waals surface area contributed by atoms with Crippen LogP contribution in [0.3, 0.4) is 0 Å². The van der Waals surface area contributed by atoms with Crippen molar-refractivity contribution in [1.29, 1.82) is 0 Å². The molecule has 0 aliphatic carbocycles. The van der Waals surface area contributed by atoms with Gasteiger partial charge in [0, 0.05) is 0 Å². The minimum atomic E-state index is -1.57. The molecule has 6 heteroatoms. The maximum atomic E-state index is 11.4. The number of unbranched alkanes of at least 4 members (excludes halogenated alkanes) is 6. The summed E-state index contributed by atoms with van der Waals surface area (Å²) in [5, 5.41) is 18.7. The van der Waals surface area contributed by atoms with E-state index in [9.17, 15) is 19.8 Å². The van der Waals surface area contributed by atoms with Crippen LogP contribution in [0.25, 0.3) is 0 Å². The van der Waals surface area contributed by atoms with Gasteiger partial charge in [0.2, 0.25) is 0 Å². The molecule has 0 aliphatic heterocycles. The Bertz CT molecular complexity index is 257. The fourth-order valence-corrected chi connectivity index (χ4v) is 2.35. The monoisotopic (exact) mass is 336 g/mol. The topological polar surface area (TPSA) is 74.6 Å². The second-order valence-corrected chi connectivity index (χ2v) is 5.31. The molecule has 4 nitrogen and oxygen atoms in total. The summed E-state index contributed by atoms with van der Waals surface area (Å²) in [6.45, 7) is 4.15. The first-order chi connectivity index (χ1) is 9.01. The molecular weight excluding hydrogens is 306 g/mol. The summed E-state index contributed by atoms with van der Waals surface area (Å²) >= 11 is 0. The summed E-state index contributed by atoms with van der Waals surface area (Å²) < 4.78 is 0. The van der Waals surface area contributed by atoms with Crippen molar-refractivity contribution in [3.05, 3.63) is 0 Å². The molecule has 0 saturated carbocycles. The van der Waals surface area contributed by atoms with Crippen molar-refractivity contribution in [3.8, 4) is 0 Å². The van der Waals surface area contributed by atoms with Gasteiger partial charge in [0.15, 0.2) is 5.41 Å². The van der Waals surface area contributed by atoms with E-state index in [0.29, 0.717) is 12.8 Å². The number of hydrogen-bond acceptors (Lipinski definition) is 2. The Hall–Kier alpha value is 1.58. The molecule has 0 saturated heterocycles. The SMILES string of the molecule is CCCCCCC(CCCCCC)(C(=O)O)C(=O)O.[KH].[NaH]. The van der Waals surface area contributed by atoms with Crippen LogP contribution in [0.5, 0.6) is 0 Å². The van der Waals surface area contributed by atoms with Crippen molar-refractivity contribution >= 4 is 92.9 Å². The van der Waals surface area contributed by atoms with Gasteiger partial charge in [-0.05, 0) is 12.8 Å². The fraction of sp³-hybridized carbons (Fsp3) is 0.867. The predicted octanol–water partition coefficient (Wildman–Crippen LogP) is 2.79. The van der Waals surface area contributed by atoms with Crippen LogP contribution in [0.4, 0.5) is 0 Å². The molecular formula is C15H30KNaO4. The normalized spacial score (nSPS) is 10.4. The Morgan fingerprint density at radius 1 is 0.762 bits per heavy atom. The van der Waals surface area contributed by atoms with Gasteiger partial charge in [-0.2, -0.15) is 0 Å². The van der Waals surface area contributed by atoms with Crippen molar-refractivity contribution < 1.29 is 19.8 Å². The van der Waals surface area contributed by atoms with Crippen molar-refractivity contribution in [3.63, 3.8) is 0 Å². The molecule has 0 rings (SSSR count). The Balaban J connectivity index is -0.00000162. The Morgan fingerprint density at radius 3 is 1.33 bits per heavy atom. The van der Waals surface area contributed by atoms with Crippen LogP contribution in [0, 0.1) is 5.41 Å². The summed E-state index contributed by atoms with van der Waals surface area (Å²) in [7, 11) is 0. The van der Waals surface area contributed by atoms with E-state index < -0.39 is 17.4 Å². The third-order valence-corrected chi connectivity index (χ3v) is 3.73. The number of rotatable bonds is 12. The number of aliphatic carboxylic acids is 2. The zero-order valence-electron chi connectivity index (χ0n) is 12.3. The molecule has 0 radical (unpaired) electrons. The van der Waals surface area contributed by atoms with E-state index in [0.717, 1.165) is 38.5 Å². The van der Waals surface area contributed by atoms with E-state index >= 15 is 0 Å². The molecule has 0 spiro atoms. The fourth-order valence-electron chi connectivity index (χ4n) is 2.35. The molecule has 0 bridgehead atoms. The molecule has 0 unspecified atom stereocenters. The molecule has 0 amide bonds. The zero-order chi connectivity index (χ0) is 14.7. The Kier molecular flexibility index (Phi) is 21.5. The van der Waals surface area contributed by atoms with Crippen LogP contribution in [0.2, 0.25) is 0 Å². The van der Waals surface area contributed by atoms with E-state index in [2.05, 4.69) is 13.8 Å². The third kappa shape index (κ3) is 10.9. The van der Waals surface area contributed by atoms with Crippen LogP contribution >= 0.6 is 0 Å². The van der Waals surface area contributed by atoms with E-state index in [1.165, 1.54) is 0 Å². The standard InChI is InChI=1S/C15H28O4.K.Na.2H/c1-3-5-7-9-11-15(13(16)17,14(18)19)12-10-8-6-4-2;;;;/h3-12H2,1-2H3,(H,16,17)(H,18,19);;;;. The summed E-state index contributed by atoms with van der Waals surface area (Å²) in [6, 6.07) is 0. The van der Waals surface area contributed by atoms with Gasteiger partial charge in [0.05, 0.1) is 0 Å². The molecule has 116 valence electrons. The van der Waals surface area contributed by atoms with Gasteiger partial charge in [0.1, 0.15) is 0 Å². The zero-order valence-corrected chi connectivity index (χ0v) is 12.3. The summed E-state index contributed by atoms with van der Waals surface area (Å²) in [4.78, 5) is 22.8. The Labute approximate surface area is 193 Å². The minimum absolute atomic E-state index is 0. The second-order valence-electron chi connectivity index (χ2n) is 5.31. The maximum absolute atomic E-state index is 11.4. The second kappa shape index (κ2) is 16.4. The Morgan fingerprint density at radius 2 is 1.10 bits per heavy atom. The third-order valence-electron chi connectivity index (χ3n) is 3.73. The number of carboxylic acid groups (broad SMARTS) is 2. The van der Waals surface area contributed by atoms with E-state index in [1.54, 1.807) is 0 Å². The van der Waals surface area contributed by atoms with E-state index in [4.69, 9.17) is 0 Å². The molecule has 0 fully saturated rings. The van der Waals surface area contributed by atoms with Gasteiger partial charge in [-0.1, -0.05) is 65.2 Å². The molecule has 0 aromatic rings. The summed E-state index contributed by atoms with van der Waals surface area (Å²) in [5.74, 6) is -2.35. The van der Waals surface area contributed by atoms with E-state index in [-0.39, 0.29) is 93.8 Å². The number of hydrogen-bond donors (Lipinski definition) is 2. The van der Waals surface area contributed by atoms with Crippen LogP contribution in [0.1, 0.15) is 78.1 Å². The average Bonchev–Trinajstić information content (AvgIpc) is 2.36. The van der Waals surface area contributed by atoms with Crippen LogP contribution < -0.4 is 0 Å². The molecule has 0 aliphatic rings. The molecule has 0 heterocycles. The van der Waals surface area contributed by atoms with Crippen molar-refractivity contribution in [1.82, 2.24) is 0 Å².